The van der Waals surface area contributed by atoms with Crippen molar-refractivity contribution >= 4 is 17.7 Å². The number of hydrogen-bond donors (Lipinski definition) is 2. The second-order valence-corrected chi connectivity index (χ2v) is 8.17. The molecule has 1 heterocycles. The Morgan fingerprint density at radius 1 is 1.14 bits per heavy atom. The molecule has 0 amide bonds. The monoisotopic (exact) mass is 417 g/mol. The molecule has 3 N–H and O–H groups in total. The molecule has 1 aliphatic rings. The van der Waals surface area contributed by atoms with Gasteiger partial charge < -0.3 is 25.1 Å². The van der Waals surface area contributed by atoms with Gasteiger partial charge in [0.2, 0.25) is 0 Å². The quantitative estimate of drug-likeness (QED) is 0.638. The molecule has 5 unspecified atom stereocenters. The van der Waals surface area contributed by atoms with Gasteiger partial charge in [-0.2, -0.15) is 0 Å². The van der Waals surface area contributed by atoms with Crippen molar-refractivity contribution < 1.29 is 24.1 Å². The van der Waals surface area contributed by atoms with E-state index in [9.17, 15) is 9.90 Å². The number of nitrogens with two attached hydrogens (primary N) is 1. The van der Waals surface area contributed by atoms with E-state index in [0.29, 0.717) is 12.2 Å². The first-order chi connectivity index (χ1) is 14.1. The van der Waals surface area contributed by atoms with Gasteiger partial charge in [0.1, 0.15) is 30.4 Å². The lowest BCUT2D eigenvalue weighted by Crippen LogP contribution is -2.62. The standard InChI is InChI=1S/C22H27NO5S/c1-2-29-22-18(23)20(26-13-15-9-5-3-6-10-15)19(24)17(28-22)14-27-21(25)16-11-7-4-8-12-16/h3-12,17-20,22,24H,2,13-14,23H2,1H3. The first-order valence-electron chi connectivity index (χ1n) is 9.68. The number of aliphatic hydroxyl groups excluding tert-OH is 1. The molecule has 1 fully saturated rings. The van der Waals surface area contributed by atoms with Crippen LogP contribution in [0.5, 0.6) is 0 Å². The summed E-state index contributed by atoms with van der Waals surface area (Å²) in [5.74, 6) is 0.342. The van der Waals surface area contributed by atoms with Crippen molar-refractivity contribution in [2.24, 2.45) is 5.73 Å². The maximum Gasteiger partial charge on any atom is 0.338 e. The first-order valence-corrected chi connectivity index (χ1v) is 10.7. The summed E-state index contributed by atoms with van der Waals surface area (Å²) in [4.78, 5) is 12.2. The van der Waals surface area contributed by atoms with E-state index in [1.807, 2.05) is 43.3 Å². The Morgan fingerprint density at radius 2 is 1.79 bits per heavy atom. The van der Waals surface area contributed by atoms with Gasteiger partial charge in [0, 0.05) is 0 Å². The molecule has 29 heavy (non-hydrogen) atoms. The lowest BCUT2D eigenvalue weighted by Gasteiger charge is -2.42. The molecule has 156 valence electrons. The highest BCUT2D eigenvalue weighted by Crippen LogP contribution is 2.29. The summed E-state index contributed by atoms with van der Waals surface area (Å²) in [5, 5.41) is 10.8. The third-order valence-electron chi connectivity index (χ3n) is 4.72. The van der Waals surface area contributed by atoms with Crippen molar-refractivity contribution in [3.8, 4) is 0 Å². The topological polar surface area (TPSA) is 91.0 Å². The van der Waals surface area contributed by atoms with Crippen LogP contribution in [-0.2, 0) is 20.8 Å². The summed E-state index contributed by atoms with van der Waals surface area (Å²) < 4.78 is 17.3. The Kier molecular flexibility index (Phi) is 8.09. The number of aliphatic hydroxyl groups is 1. The Bertz CT molecular complexity index is 760. The van der Waals surface area contributed by atoms with Crippen LogP contribution in [0.2, 0.25) is 0 Å². The summed E-state index contributed by atoms with van der Waals surface area (Å²) in [6, 6.07) is 17.9. The molecule has 2 aromatic rings. The molecule has 0 radical (unpaired) electrons. The molecular weight excluding hydrogens is 390 g/mol. The van der Waals surface area contributed by atoms with Crippen molar-refractivity contribution in [1.82, 2.24) is 0 Å². The molecule has 6 nitrogen and oxygen atoms in total. The Labute approximate surface area is 175 Å². The number of hydrogen-bond acceptors (Lipinski definition) is 7. The van der Waals surface area contributed by atoms with Gasteiger partial charge in [-0.25, -0.2) is 4.79 Å². The lowest BCUT2D eigenvalue weighted by atomic mass is 9.98. The fourth-order valence-electron chi connectivity index (χ4n) is 3.18. The molecule has 1 aliphatic heterocycles. The van der Waals surface area contributed by atoms with Crippen molar-refractivity contribution in [3.05, 3.63) is 71.8 Å². The predicted octanol–water partition coefficient (Wildman–Crippen LogP) is 2.59. The lowest BCUT2D eigenvalue weighted by molar-refractivity contribution is -0.185. The van der Waals surface area contributed by atoms with Crippen LogP contribution in [0.4, 0.5) is 0 Å². The molecule has 7 heteroatoms. The van der Waals surface area contributed by atoms with E-state index < -0.39 is 30.3 Å². The molecule has 0 bridgehead atoms. The van der Waals surface area contributed by atoms with E-state index >= 15 is 0 Å². The van der Waals surface area contributed by atoms with Gasteiger partial charge in [-0.05, 0) is 23.4 Å². The van der Waals surface area contributed by atoms with Gasteiger partial charge in [-0.15, -0.1) is 11.8 Å². The minimum atomic E-state index is -1.01. The van der Waals surface area contributed by atoms with Crippen LogP contribution < -0.4 is 5.73 Å². The summed E-state index contributed by atoms with van der Waals surface area (Å²) in [5.41, 5.74) is 7.42. The largest absolute Gasteiger partial charge is 0.459 e. The molecule has 0 aromatic heterocycles. The zero-order chi connectivity index (χ0) is 20.6. The summed E-state index contributed by atoms with van der Waals surface area (Å²) in [7, 11) is 0. The first kappa shape index (κ1) is 21.8. The van der Waals surface area contributed by atoms with E-state index in [0.717, 1.165) is 11.3 Å². The van der Waals surface area contributed by atoms with Gasteiger partial charge in [0.25, 0.3) is 0 Å². The highest BCUT2D eigenvalue weighted by atomic mass is 32.2. The molecular formula is C22H27NO5S. The number of esters is 1. The number of benzene rings is 2. The van der Waals surface area contributed by atoms with Gasteiger partial charge in [-0.3, -0.25) is 0 Å². The Hall–Kier alpha value is -1.90. The van der Waals surface area contributed by atoms with Crippen LogP contribution in [0, 0.1) is 0 Å². The van der Waals surface area contributed by atoms with Crippen molar-refractivity contribution in [2.45, 2.75) is 43.3 Å². The van der Waals surface area contributed by atoms with Gasteiger partial charge in [-0.1, -0.05) is 55.5 Å². The molecule has 0 spiro atoms. The summed E-state index contributed by atoms with van der Waals surface area (Å²) >= 11 is 1.54. The number of carbonyl (C=O) groups is 1. The van der Waals surface area contributed by atoms with Crippen molar-refractivity contribution in [2.75, 3.05) is 12.4 Å². The summed E-state index contributed by atoms with van der Waals surface area (Å²) in [6.07, 6.45) is -2.35. The van der Waals surface area contributed by atoms with E-state index in [1.165, 1.54) is 0 Å². The number of thioether (sulfide) groups is 1. The van der Waals surface area contributed by atoms with Crippen LogP contribution in [0.3, 0.4) is 0 Å². The van der Waals surface area contributed by atoms with Gasteiger partial charge in [0.15, 0.2) is 0 Å². The zero-order valence-electron chi connectivity index (χ0n) is 16.3. The van der Waals surface area contributed by atoms with E-state index in [2.05, 4.69) is 0 Å². The Morgan fingerprint density at radius 3 is 2.45 bits per heavy atom. The predicted molar refractivity (Wildman–Crippen MR) is 113 cm³/mol. The summed E-state index contributed by atoms with van der Waals surface area (Å²) in [6.45, 7) is 2.26. The third kappa shape index (κ3) is 5.81. The third-order valence-corrected chi connectivity index (χ3v) is 5.81. The SMILES string of the molecule is CCSC1OC(COC(=O)c2ccccc2)C(O)C(OCc2ccccc2)C1N. The second kappa shape index (κ2) is 10.8. The highest BCUT2D eigenvalue weighted by molar-refractivity contribution is 7.99. The highest BCUT2D eigenvalue weighted by Gasteiger charge is 2.44. The van der Waals surface area contributed by atoms with Crippen LogP contribution in [0.15, 0.2) is 60.7 Å². The normalized spacial score (nSPS) is 26.8. The van der Waals surface area contributed by atoms with E-state index in [4.69, 9.17) is 19.9 Å². The fraction of sp³-hybridized carbons (Fsp3) is 0.409. The molecule has 2 aromatic carbocycles. The smallest absolute Gasteiger partial charge is 0.338 e. The number of rotatable bonds is 8. The molecule has 0 saturated carbocycles. The minimum Gasteiger partial charge on any atom is -0.459 e. The molecule has 5 atom stereocenters. The minimum absolute atomic E-state index is 0.0758. The van der Waals surface area contributed by atoms with Crippen LogP contribution in [-0.4, -0.2) is 53.2 Å². The number of carbonyl (C=O) groups excluding carboxylic acids is 1. The van der Waals surface area contributed by atoms with E-state index in [1.54, 1.807) is 36.0 Å². The van der Waals surface area contributed by atoms with Crippen LogP contribution in [0.1, 0.15) is 22.8 Å². The van der Waals surface area contributed by atoms with E-state index in [-0.39, 0.29) is 12.0 Å². The van der Waals surface area contributed by atoms with Gasteiger partial charge in [0.05, 0.1) is 18.2 Å². The Balaban J connectivity index is 1.65. The molecule has 1 saturated heterocycles. The average Bonchev–Trinajstić information content (AvgIpc) is 2.76. The second-order valence-electron chi connectivity index (χ2n) is 6.79. The molecule has 0 aliphatic carbocycles. The average molecular weight is 418 g/mol. The maximum absolute atomic E-state index is 12.2. The van der Waals surface area contributed by atoms with Crippen LogP contribution >= 0.6 is 11.8 Å². The van der Waals surface area contributed by atoms with Gasteiger partial charge >= 0.3 is 5.97 Å². The van der Waals surface area contributed by atoms with Crippen LogP contribution in [0.25, 0.3) is 0 Å². The zero-order valence-corrected chi connectivity index (χ0v) is 17.2. The number of ether oxygens (including phenoxy) is 3. The van der Waals surface area contributed by atoms with Crippen molar-refractivity contribution in [3.63, 3.8) is 0 Å². The fourth-order valence-corrected chi connectivity index (χ4v) is 4.11. The maximum atomic E-state index is 12.2. The molecule has 3 rings (SSSR count). The van der Waals surface area contributed by atoms with Crippen molar-refractivity contribution in [1.29, 1.82) is 0 Å².